The van der Waals surface area contributed by atoms with Crippen LogP contribution in [0.3, 0.4) is 0 Å². The van der Waals surface area contributed by atoms with Crippen molar-refractivity contribution in [3.8, 4) is 0 Å². The van der Waals surface area contributed by atoms with E-state index >= 15 is 0 Å². The molecule has 2 aromatic rings. The first-order chi connectivity index (χ1) is 14.0. The summed E-state index contributed by atoms with van der Waals surface area (Å²) in [7, 11) is 13.6. The molecule has 2 aromatic carbocycles. The van der Waals surface area contributed by atoms with Crippen LogP contribution in [0.15, 0.2) is 60.7 Å². The van der Waals surface area contributed by atoms with Crippen LogP contribution >= 0.6 is 23.5 Å². The van der Waals surface area contributed by atoms with Gasteiger partial charge >= 0.3 is 5.97 Å². The third-order valence-corrected chi connectivity index (χ3v) is 7.16. The number of benzene rings is 2. The first kappa shape index (κ1) is 24.0. The van der Waals surface area contributed by atoms with Crippen LogP contribution in [0.2, 0.25) is 5.21 Å². The largest absolute Gasteiger partial charge is 0.469 e. The predicted molar refractivity (Wildman–Crippen MR) is 129 cm³/mol. The van der Waals surface area contributed by atoms with Gasteiger partial charge in [0.05, 0.1) is 22.8 Å². The summed E-state index contributed by atoms with van der Waals surface area (Å²) in [6.07, 6.45) is 2.61. The van der Waals surface area contributed by atoms with Crippen LogP contribution in [-0.2, 0) is 21.0 Å². The molecule has 29 heavy (non-hydrogen) atoms. The van der Waals surface area contributed by atoms with E-state index in [1.807, 2.05) is 35.7 Å². The van der Waals surface area contributed by atoms with Crippen LogP contribution in [-0.4, -0.2) is 39.8 Å². The number of carbonyl (C=O) groups is 1. The van der Waals surface area contributed by atoms with Crippen molar-refractivity contribution < 1.29 is 9.53 Å². The number of rotatable bonds is 13. The van der Waals surface area contributed by atoms with E-state index in [1.165, 1.54) is 18.2 Å². The Kier molecular flexibility index (Phi) is 10.9. The summed E-state index contributed by atoms with van der Waals surface area (Å²) in [5.41, 5.74) is 2.67. The van der Waals surface area contributed by atoms with Gasteiger partial charge in [0.2, 0.25) is 0 Å². The molecular weight excluding hydrogens is 394 g/mol. The van der Waals surface area contributed by atoms with Crippen molar-refractivity contribution in [3.63, 3.8) is 0 Å². The summed E-state index contributed by atoms with van der Waals surface area (Å²) in [6, 6.07) is 21.0. The number of hydrogen-bond donors (Lipinski definition) is 0. The fourth-order valence-electron chi connectivity index (χ4n) is 2.94. The minimum absolute atomic E-state index is 0.0440. The van der Waals surface area contributed by atoms with Gasteiger partial charge < -0.3 is 4.74 Å². The molecule has 0 bridgehead atoms. The van der Waals surface area contributed by atoms with Gasteiger partial charge in [-0.2, -0.15) is 23.5 Å². The zero-order valence-corrected chi connectivity index (χ0v) is 18.7. The molecule has 0 aromatic heterocycles. The fraction of sp³-hybridized carbons (Fsp3) is 0.435. The molecular formula is C23H28B2O2S2. The molecule has 0 amide bonds. The summed E-state index contributed by atoms with van der Waals surface area (Å²) < 4.78 is 4.71. The average Bonchev–Trinajstić information content (AvgIpc) is 2.73. The number of thioether (sulfide) groups is 2. The lowest BCUT2D eigenvalue weighted by molar-refractivity contribution is -0.140. The van der Waals surface area contributed by atoms with Crippen molar-refractivity contribution >= 4 is 45.2 Å². The molecule has 0 fully saturated rings. The first-order valence-electron chi connectivity index (χ1n) is 9.90. The van der Waals surface area contributed by atoms with Crippen LogP contribution in [0.25, 0.3) is 0 Å². The number of ether oxygens (including phenoxy) is 1. The molecule has 4 radical (unpaired) electrons. The van der Waals surface area contributed by atoms with E-state index in [2.05, 4.69) is 48.5 Å². The monoisotopic (exact) mass is 422 g/mol. The molecule has 0 aliphatic carbocycles. The lowest BCUT2D eigenvalue weighted by atomic mass is 9.50. The van der Waals surface area contributed by atoms with Crippen LogP contribution < -0.4 is 0 Å². The molecule has 2 rings (SSSR count). The average molecular weight is 422 g/mol. The van der Waals surface area contributed by atoms with Gasteiger partial charge in [-0.15, -0.1) is 0 Å². The quantitative estimate of drug-likeness (QED) is 0.245. The van der Waals surface area contributed by atoms with Gasteiger partial charge in [0.1, 0.15) is 0 Å². The highest BCUT2D eigenvalue weighted by Gasteiger charge is 2.23. The fourth-order valence-corrected chi connectivity index (χ4v) is 5.30. The first-order valence-corrected chi connectivity index (χ1v) is 12.1. The standard InChI is InChI=1S/C23H28B2O2S2/c1-27-22(26)16-23(24,25)14-12-21(29-18-20-10-6-3-7-11-20)13-15-28-17-19-8-4-2-5-9-19/h2-11,21H,12-18H2,1H3. The molecule has 150 valence electrons. The number of hydrogen-bond acceptors (Lipinski definition) is 4. The van der Waals surface area contributed by atoms with E-state index in [4.69, 9.17) is 20.4 Å². The molecule has 6 heteroatoms. The van der Waals surface area contributed by atoms with Gasteiger partial charge in [-0.1, -0.05) is 72.3 Å². The highest BCUT2D eigenvalue weighted by Crippen LogP contribution is 2.34. The second-order valence-corrected chi connectivity index (χ2v) is 9.66. The summed E-state index contributed by atoms with van der Waals surface area (Å²) in [5.74, 6) is 2.72. The highest BCUT2D eigenvalue weighted by atomic mass is 32.2. The normalized spacial score (nSPS) is 12.4. The smallest absolute Gasteiger partial charge is 0.304 e. The van der Waals surface area contributed by atoms with Gasteiger partial charge in [-0.3, -0.25) is 4.79 Å². The van der Waals surface area contributed by atoms with E-state index < -0.39 is 5.21 Å². The van der Waals surface area contributed by atoms with Crippen LogP contribution in [0.5, 0.6) is 0 Å². The minimum atomic E-state index is -1.02. The Bertz CT molecular complexity index is 711. The lowest BCUT2D eigenvalue weighted by Gasteiger charge is -2.27. The van der Waals surface area contributed by atoms with Gasteiger partial charge in [0.15, 0.2) is 0 Å². The Balaban J connectivity index is 1.83. The van der Waals surface area contributed by atoms with Gasteiger partial charge in [0.25, 0.3) is 0 Å². The van der Waals surface area contributed by atoms with Crippen molar-refractivity contribution in [2.45, 2.75) is 47.7 Å². The Morgan fingerprint density at radius 2 is 1.55 bits per heavy atom. The maximum Gasteiger partial charge on any atom is 0.304 e. The Morgan fingerprint density at radius 1 is 0.966 bits per heavy atom. The van der Waals surface area contributed by atoms with E-state index in [0.29, 0.717) is 11.7 Å². The van der Waals surface area contributed by atoms with Crippen LogP contribution in [0.4, 0.5) is 0 Å². The maximum atomic E-state index is 11.5. The third kappa shape index (κ3) is 10.4. The van der Waals surface area contributed by atoms with Crippen molar-refractivity contribution in [2.75, 3.05) is 12.9 Å². The lowest BCUT2D eigenvalue weighted by Crippen LogP contribution is -2.21. The maximum absolute atomic E-state index is 11.5. The zero-order valence-electron chi connectivity index (χ0n) is 17.1. The van der Waals surface area contributed by atoms with Crippen LogP contribution in [0.1, 0.15) is 36.8 Å². The topological polar surface area (TPSA) is 26.3 Å². The van der Waals surface area contributed by atoms with Crippen molar-refractivity contribution in [1.29, 1.82) is 0 Å². The highest BCUT2D eigenvalue weighted by molar-refractivity contribution is 7.99. The van der Waals surface area contributed by atoms with Crippen LogP contribution in [0, 0.1) is 0 Å². The summed E-state index contributed by atoms with van der Waals surface area (Å²) in [5, 5.41) is -0.571. The number of carbonyl (C=O) groups excluding carboxylic acids is 1. The molecule has 0 aliphatic heterocycles. The van der Waals surface area contributed by atoms with E-state index in [9.17, 15) is 4.79 Å². The third-order valence-electron chi connectivity index (χ3n) is 4.66. The van der Waals surface area contributed by atoms with Gasteiger partial charge in [0, 0.05) is 23.2 Å². The Morgan fingerprint density at radius 3 is 2.14 bits per heavy atom. The van der Waals surface area contributed by atoms with Crippen molar-refractivity contribution in [3.05, 3.63) is 71.8 Å². The Labute approximate surface area is 186 Å². The Hall–Kier alpha value is -1.26. The van der Waals surface area contributed by atoms with E-state index in [0.717, 1.165) is 30.1 Å². The number of esters is 1. The summed E-state index contributed by atoms with van der Waals surface area (Å²) in [6.45, 7) is 0. The second-order valence-electron chi connectivity index (χ2n) is 7.27. The van der Waals surface area contributed by atoms with E-state index in [-0.39, 0.29) is 12.4 Å². The molecule has 0 N–H and O–H groups in total. The predicted octanol–water partition coefficient (Wildman–Crippen LogP) is 5.41. The molecule has 1 unspecified atom stereocenters. The second kappa shape index (κ2) is 13.1. The summed E-state index contributed by atoms with van der Waals surface area (Å²) >= 11 is 3.90. The molecule has 0 saturated heterocycles. The van der Waals surface area contributed by atoms with Crippen molar-refractivity contribution in [1.82, 2.24) is 0 Å². The SMILES string of the molecule is [B]C([B])(CCC(CCSCc1ccccc1)SCc1ccccc1)CC(=O)OC. The van der Waals surface area contributed by atoms with E-state index in [1.54, 1.807) is 0 Å². The van der Waals surface area contributed by atoms with Gasteiger partial charge in [-0.25, -0.2) is 0 Å². The number of methoxy groups -OCH3 is 1. The molecule has 0 spiro atoms. The zero-order chi connectivity index (χ0) is 21.0. The minimum Gasteiger partial charge on any atom is -0.469 e. The molecule has 1 atom stereocenters. The molecule has 0 aliphatic rings. The molecule has 2 nitrogen and oxygen atoms in total. The molecule has 0 heterocycles. The molecule has 0 saturated carbocycles. The summed E-state index contributed by atoms with van der Waals surface area (Å²) in [4.78, 5) is 11.5. The van der Waals surface area contributed by atoms with Crippen molar-refractivity contribution in [2.24, 2.45) is 0 Å². The van der Waals surface area contributed by atoms with Gasteiger partial charge in [-0.05, 0) is 29.7 Å².